The van der Waals surface area contributed by atoms with Gasteiger partial charge in [-0.1, -0.05) is 163 Å². The highest BCUT2D eigenvalue weighted by Gasteiger charge is 2.33. The lowest BCUT2D eigenvalue weighted by atomic mass is 9.83. The summed E-state index contributed by atoms with van der Waals surface area (Å²) in [6, 6.07) is 76.2. The van der Waals surface area contributed by atoms with Crippen molar-refractivity contribution in [3.05, 3.63) is 224 Å². The normalized spacial score (nSPS) is 12.7. The quantitative estimate of drug-likeness (QED) is 0.166. The van der Waals surface area contributed by atoms with Crippen LogP contribution in [-0.2, 0) is 10.8 Å². The minimum Gasteiger partial charge on any atom is -0.308 e. The van der Waals surface area contributed by atoms with E-state index in [-0.39, 0.29) is 10.8 Å². The molecule has 0 bridgehead atoms. The van der Waals surface area contributed by atoms with Gasteiger partial charge in [0.15, 0.2) is 0 Å². The van der Waals surface area contributed by atoms with Crippen molar-refractivity contribution in [1.82, 2.24) is 13.8 Å². The molecule has 0 unspecified atom stereocenters. The van der Waals surface area contributed by atoms with Crippen molar-refractivity contribution in [1.29, 1.82) is 0 Å². The highest BCUT2D eigenvalue weighted by atomic mass is 15.2. The van der Waals surface area contributed by atoms with Crippen LogP contribution in [0.15, 0.2) is 212 Å². The van der Waals surface area contributed by atoms with E-state index >= 15 is 0 Å². The van der Waals surface area contributed by atoms with E-state index in [2.05, 4.69) is 273 Å². The average molecular weight is 952 g/mol. The van der Waals surface area contributed by atoms with Crippen molar-refractivity contribution in [3.63, 3.8) is 0 Å². The molecule has 354 valence electrons. The highest BCUT2D eigenvalue weighted by Crippen LogP contribution is 2.54. The fourth-order valence-corrected chi connectivity index (χ4v) is 12.5. The Hall–Kier alpha value is -8.93. The van der Waals surface area contributed by atoms with Gasteiger partial charge in [0.05, 0.1) is 45.2 Å². The third kappa shape index (κ3) is 5.95. The van der Waals surface area contributed by atoms with E-state index < -0.39 is 0 Å². The zero-order valence-electron chi connectivity index (χ0n) is 42.4. The molecule has 0 atom stereocenters. The molecule has 0 amide bonds. The molecular formula is C69H53N5. The number of aromatic nitrogens is 3. The smallest absolute Gasteiger partial charge is 0.146 e. The van der Waals surface area contributed by atoms with Crippen molar-refractivity contribution in [2.24, 2.45) is 0 Å². The van der Waals surface area contributed by atoms with Gasteiger partial charge in [-0.25, -0.2) is 4.98 Å². The van der Waals surface area contributed by atoms with E-state index in [4.69, 9.17) is 4.98 Å². The van der Waals surface area contributed by atoms with Gasteiger partial charge in [-0.15, -0.1) is 0 Å². The fraction of sp³-hybridized carbons (Fsp3) is 0.116. The second-order valence-electron chi connectivity index (χ2n) is 22.4. The maximum Gasteiger partial charge on any atom is 0.146 e. The molecule has 5 aromatic heterocycles. The number of anilines is 6. The SMILES string of the molecule is CC(C)(C)c1cc(N(c2ccccc2)c2ccccc2)c2c(c1)c1cc(C(C)(C)C)cc3c4c5c6c7ccccc7cc7c8c9ccccc9cc(N(c9ccccc9)c9ccccc9)c8n(c5ncc4n2c13)c76. The van der Waals surface area contributed by atoms with Gasteiger partial charge in [-0.05, 0) is 128 Å². The van der Waals surface area contributed by atoms with Crippen LogP contribution in [0, 0.1) is 0 Å². The van der Waals surface area contributed by atoms with E-state index in [0.717, 1.165) is 50.8 Å². The molecule has 5 heteroatoms. The molecule has 0 fully saturated rings. The van der Waals surface area contributed by atoms with Gasteiger partial charge in [0.2, 0.25) is 0 Å². The van der Waals surface area contributed by atoms with Crippen molar-refractivity contribution < 1.29 is 0 Å². The molecule has 5 nitrogen and oxygen atoms in total. The lowest BCUT2D eigenvalue weighted by Crippen LogP contribution is -2.15. The van der Waals surface area contributed by atoms with Gasteiger partial charge >= 0.3 is 0 Å². The van der Waals surface area contributed by atoms with Crippen LogP contribution in [0.1, 0.15) is 52.7 Å². The fourth-order valence-electron chi connectivity index (χ4n) is 12.5. The lowest BCUT2D eigenvalue weighted by Gasteiger charge is -2.29. The van der Waals surface area contributed by atoms with Crippen LogP contribution in [0.5, 0.6) is 0 Å². The average Bonchev–Trinajstić information content (AvgIpc) is 4.20. The zero-order chi connectivity index (χ0) is 49.8. The van der Waals surface area contributed by atoms with Crippen LogP contribution < -0.4 is 9.80 Å². The summed E-state index contributed by atoms with van der Waals surface area (Å²) in [4.78, 5) is 10.7. The van der Waals surface area contributed by atoms with Crippen LogP contribution in [0.4, 0.5) is 34.1 Å². The van der Waals surface area contributed by atoms with Gasteiger partial charge in [0.25, 0.3) is 0 Å². The minimum absolute atomic E-state index is 0.123. The summed E-state index contributed by atoms with van der Waals surface area (Å²) in [5, 5.41) is 14.8. The first-order valence-electron chi connectivity index (χ1n) is 26.0. The van der Waals surface area contributed by atoms with E-state index in [0.29, 0.717) is 0 Å². The lowest BCUT2D eigenvalue weighted by molar-refractivity contribution is 0.591. The molecule has 15 rings (SSSR count). The highest BCUT2D eigenvalue weighted by molar-refractivity contribution is 6.41. The maximum atomic E-state index is 5.81. The molecule has 5 heterocycles. The molecule has 10 aromatic carbocycles. The number of benzene rings is 10. The summed E-state index contributed by atoms with van der Waals surface area (Å²) in [5.74, 6) is 0. The number of hydrogen-bond acceptors (Lipinski definition) is 3. The molecule has 15 aromatic rings. The Labute approximate surface area is 429 Å². The van der Waals surface area contributed by atoms with Crippen molar-refractivity contribution in [3.8, 4) is 0 Å². The summed E-state index contributed by atoms with van der Waals surface area (Å²) < 4.78 is 5.11. The van der Waals surface area contributed by atoms with Crippen molar-refractivity contribution >= 4 is 132 Å². The first-order chi connectivity index (χ1) is 36.0. The Bertz CT molecular complexity index is 4630. The van der Waals surface area contributed by atoms with E-state index in [1.54, 1.807) is 0 Å². The summed E-state index contributed by atoms with van der Waals surface area (Å²) in [6.45, 7) is 14.1. The van der Waals surface area contributed by atoms with Crippen LogP contribution in [0.25, 0.3) is 97.9 Å². The summed E-state index contributed by atoms with van der Waals surface area (Å²) in [7, 11) is 0. The Morgan fingerprint density at radius 3 is 1.31 bits per heavy atom. The standard InChI is InChI=1S/C69H53N5/c1-68(2,3)44-37-52-53-38-45(69(4,5)6)40-57(72(48-29-15-9-16-30-48)49-31-17-10-18-32-49)64(53)73-58-41-70-67-62(60(58)55(39-44)63(52)73)61-51-34-22-19-23-42(51)35-54-59-50-33-21-20-24-43(50)36-56(66(59)74(67)65(54)61)71(46-25-11-7-12-26-46)47-27-13-8-14-28-47/h7-41H,1-6H3. The van der Waals surface area contributed by atoms with Crippen LogP contribution >= 0.6 is 0 Å². The number of rotatable bonds is 6. The molecule has 0 aliphatic heterocycles. The summed E-state index contributed by atoms with van der Waals surface area (Å²) >= 11 is 0. The van der Waals surface area contributed by atoms with E-state index in [1.807, 2.05) is 0 Å². The van der Waals surface area contributed by atoms with Gasteiger partial charge in [0.1, 0.15) is 5.65 Å². The number of hydrogen-bond donors (Lipinski definition) is 0. The van der Waals surface area contributed by atoms with Crippen molar-refractivity contribution in [2.75, 3.05) is 9.80 Å². The number of pyridine rings is 1. The molecule has 74 heavy (non-hydrogen) atoms. The second-order valence-corrected chi connectivity index (χ2v) is 22.4. The second kappa shape index (κ2) is 15.3. The third-order valence-corrected chi connectivity index (χ3v) is 16.0. The molecule has 0 N–H and O–H groups in total. The number of nitrogens with zero attached hydrogens (tertiary/aromatic N) is 5. The monoisotopic (exact) mass is 951 g/mol. The first-order valence-corrected chi connectivity index (χ1v) is 26.0. The molecule has 0 aliphatic rings. The number of fused-ring (bicyclic) bond motifs is 17. The minimum atomic E-state index is -0.134. The molecule has 0 spiro atoms. The molecule has 0 saturated carbocycles. The Morgan fingerprint density at radius 1 is 0.338 bits per heavy atom. The predicted molar refractivity (Wildman–Crippen MR) is 315 cm³/mol. The Kier molecular flexibility index (Phi) is 8.83. The van der Waals surface area contributed by atoms with Gasteiger partial charge in [0, 0.05) is 65.8 Å². The van der Waals surface area contributed by atoms with Crippen LogP contribution in [0.3, 0.4) is 0 Å². The van der Waals surface area contributed by atoms with Gasteiger partial charge in [-0.3, -0.25) is 4.40 Å². The molecule has 0 aliphatic carbocycles. The van der Waals surface area contributed by atoms with E-state index in [1.165, 1.54) is 92.3 Å². The number of para-hydroxylation sites is 4. The van der Waals surface area contributed by atoms with E-state index in [9.17, 15) is 0 Å². The first kappa shape index (κ1) is 42.7. The largest absolute Gasteiger partial charge is 0.308 e. The zero-order valence-corrected chi connectivity index (χ0v) is 42.4. The maximum absolute atomic E-state index is 5.81. The van der Waals surface area contributed by atoms with Crippen LogP contribution in [-0.4, -0.2) is 13.8 Å². The third-order valence-electron chi connectivity index (χ3n) is 16.0. The van der Waals surface area contributed by atoms with Gasteiger partial charge in [-0.2, -0.15) is 0 Å². The molecule has 0 saturated heterocycles. The Balaban J connectivity index is 1.19. The molecular weight excluding hydrogens is 899 g/mol. The van der Waals surface area contributed by atoms with Gasteiger partial charge < -0.3 is 14.2 Å². The Morgan fingerprint density at radius 2 is 0.770 bits per heavy atom. The topological polar surface area (TPSA) is 28.2 Å². The summed E-state index contributed by atoms with van der Waals surface area (Å²) in [6.07, 6.45) is 2.19. The molecule has 0 radical (unpaired) electrons. The van der Waals surface area contributed by atoms with Crippen molar-refractivity contribution in [2.45, 2.75) is 52.4 Å². The van der Waals surface area contributed by atoms with Crippen LogP contribution in [0.2, 0.25) is 0 Å². The predicted octanol–water partition coefficient (Wildman–Crippen LogP) is 19.2. The summed E-state index contributed by atoms with van der Waals surface area (Å²) in [5.41, 5.74) is 15.8.